The summed E-state index contributed by atoms with van der Waals surface area (Å²) in [6, 6.07) is 15.4. The first kappa shape index (κ1) is 18.2. The summed E-state index contributed by atoms with van der Waals surface area (Å²) in [5, 5.41) is 3.27. The molecule has 0 radical (unpaired) electrons. The molecule has 0 spiro atoms. The van der Waals surface area contributed by atoms with Gasteiger partial charge in [-0.15, -0.1) is 0 Å². The first-order chi connectivity index (χ1) is 13.5. The van der Waals surface area contributed by atoms with Crippen molar-refractivity contribution in [3.63, 3.8) is 0 Å². The van der Waals surface area contributed by atoms with Crippen LogP contribution in [0.15, 0.2) is 60.9 Å². The van der Waals surface area contributed by atoms with Crippen molar-refractivity contribution in [1.29, 1.82) is 0 Å². The fraction of sp³-hybridized carbons (Fsp3) is 0.136. The van der Waals surface area contributed by atoms with Gasteiger partial charge in [-0.1, -0.05) is 47.5 Å². The van der Waals surface area contributed by atoms with Crippen LogP contribution in [0.25, 0.3) is 16.9 Å². The second kappa shape index (κ2) is 7.44. The molecule has 0 bridgehead atoms. The Hall–Kier alpha value is -3.18. The maximum Gasteiger partial charge on any atom is 0.251 e. The predicted octanol–water partition coefficient (Wildman–Crippen LogP) is 4.60. The van der Waals surface area contributed by atoms with Gasteiger partial charge in [0.05, 0.1) is 17.9 Å². The average molecular weight is 391 g/mol. The third kappa shape index (κ3) is 3.62. The van der Waals surface area contributed by atoms with Crippen molar-refractivity contribution in [3.8, 4) is 11.3 Å². The number of imidazole rings is 1. The Morgan fingerprint density at radius 3 is 2.57 bits per heavy atom. The second-order valence-electron chi connectivity index (χ2n) is 6.76. The van der Waals surface area contributed by atoms with Crippen molar-refractivity contribution in [2.45, 2.75) is 20.4 Å². The first-order valence-electron chi connectivity index (χ1n) is 8.95. The van der Waals surface area contributed by atoms with Gasteiger partial charge in [0.1, 0.15) is 10.8 Å². The van der Waals surface area contributed by atoms with Crippen molar-refractivity contribution in [1.82, 2.24) is 19.7 Å². The van der Waals surface area contributed by atoms with Crippen LogP contribution in [0.1, 0.15) is 27.2 Å². The lowest BCUT2D eigenvalue weighted by molar-refractivity contribution is 0.0950. The van der Waals surface area contributed by atoms with Crippen molar-refractivity contribution in [2.75, 3.05) is 0 Å². The van der Waals surface area contributed by atoms with Gasteiger partial charge in [0, 0.05) is 23.5 Å². The molecule has 1 aromatic carbocycles. The van der Waals surface area contributed by atoms with Crippen LogP contribution in [0, 0.1) is 13.8 Å². The molecule has 6 heteroatoms. The SMILES string of the molecule is Cc1ccc(-c2nc3ccc(C)cn3c2CNC(=O)c2ccnc(Cl)c2)cc1. The number of hydrogen-bond acceptors (Lipinski definition) is 3. The lowest BCUT2D eigenvalue weighted by Gasteiger charge is -2.09. The number of halogens is 1. The van der Waals surface area contributed by atoms with Gasteiger partial charge < -0.3 is 9.72 Å². The minimum absolute atomic E-state index is 0.207. The fourth-order valence-electron chi connectivity index (χ4n) is 3.12. The maximum atomic E-state index is 12.6. The highest BCUT2D eigenvalue weighted by Crippen LogP contribution is 2.25. The normalized spacial score (nSPS) is 11.0. The van der Waals surface area contributed by atoms with Gasteiger partial charge in [-0.2, -0.15) is 0 Å². The molecule has 0 aliphatic carbocycles. The third-order valence-corrected chi connectivity index (χ3v) is 4.80. The van der Waals surface area contributed by atoms with Crippen LogP contribution in [-0.4, -0.2) is 20.3 Å². The number of carbonyl (C=O) groups excluding carboxylic acids is 1. The Morgan fingerprint density at radius 2 is 1.82 bits per heavy atom. The van der Waals surface area contributed by atoms with E-state index in [1.807, 2.05) is 29.7 Å². The van der Waals surface area contributed by atoms with Crippen LogP contribution in [0.5, 0.6) is 0 Å². The van der Waals surface area contributed by atoms with Crippen LogP contribution in [0.4, 0.5) is 0 Å². The Morgan fingerprint density at radius 1 is 1.07 bits per heavy atom. The number of benzene rings is 1. The molecular weight excluding hydrogens is 372 g/mol. The van der Waals surface area contributed by atoms with E-state index in [2.05, 4.69) is 41.5 Å². The summed E-state index contributed by atoms with van der Waals surface area (Å²) in [5.41, 5.74) is 6.43. The van der Waals surface area contributed by atoms with Crippen LogP contribution in [0.3, 0.4) is 0 Å². The van der Waals surface area contributed by atoms with Crippen molar-refractivity contribution in [3.05, 3.63) is 88.5 Å². The third-order valence-electron chi connectivity index (χ3n) is 4.60. The second-order valence-corrected chi connectivity index (χ2v) is 7.14. The largest absolute Gasteiger partial charge is 0.346 e. The smallest absolute Gasteiger partial charge is 0.251 e. The Bertz CT molecular complexity index is 1170. The van der Waals surface area contributed by atoms with E-state index < -0.39 is 0 Å². The van der Waals surface area contributed by atoms with Crippen molar-refractivity contribution >= 4 is 23.2 Å². The Balaban J connectivity index is 1.72. The van der Waals surface area contributed by atoms with Gasteiger partial charge >= 0.3 is 0 Å². The minimum Gasteiger partial charge on any atom is -0.346 e. The molecular formula is C22H19ClN4O. The van der Waals surface area contributed by atoms with Gasteiger partial charge in [0.25, 0.3) is 5.91 Å². The van der Waals surface area contributed by atoms with E-state index in [9.17, 15) is 4.79 Å². The number of fused-ring (bicyclic) bond motifs is 1. The van der Waals surface area contributed by atoms with Crippen LogP contribution in [0.2, 0.25) is 5.15 Å². The van der Waals surface area contributed by atoms with Gasteiger partial charge in [-0.3, -0.25) is 4.79 Å². The summed E-state index contributed by atoms with van der Waals surface area (Å²) in [4.78, 5) is 21.3. The number of rotatable bonds is 4. The summed E-state index contributed by atoms with van der Waals surface area (Å²) < 4.78 is 2.03. The van der Waals surface area contributed by atoms with Gasteiger partial charge in [-0.25, -0.2) is 9.97 Å². The summed E-state index contributed by atoms with van der Waals surface area (Å²) in [7, 11) is 0. The maximum absolute atomic E-state index is 12.6. The number of carbonyl (C=O) groups is 1. The molecule has 0 aliphatic rings. The molecule has 0 saturated carbocycles. The number of hydrogen-bond donors (Lipinski definition) is 1. The average Bonchev–Trinajstić information content (AvgIpc) is 3.04. The Labute approximate surface area is 168 Å². The lowest BCUT2D eigenvalue weighted by Crippen LogP contribution is -2.24. The zero-order valence-corrected chi connectivity index (χ0v) is 16.4. The number of pyridine rings is 2. The molecule has 3 heterocycles. The number of aryl methyl sites for hydroxylation is 2. The van der Waals surface area contributed by atoms with Crippen LogP contribution >= 0.6 is 11.6 Å². The predicted molar refractivity (Wildman–Crippen MR) is 111 cm³/mol. The number of nitrogens with zero attached hydrogens (tertiary/aromatic N) is 3. The van der Waals surface area contributed by atoms with Crippen molar-refractivity contribution in [2.24, 2.45) is 0 Å². The van der Waals surface area contributed by atoms with Crippen LogP contribution < -0.4 is 5.32 Å². The zero-order valence-electron chi connectivity index (χ0n) is 15.6. The summed E-state index contributed by atoms with van der Waals surface area (Å²) in [6.07, 6.45) is 3.55. The number of amides is 1. The molecule has 4 aromatic rings. The molecule has 0 saturated heterocycles. The molecule has 0 fully saturated rings. The van der Waals surface area contributed by atoms with Crippen molar-refractivity contribution < 1.29 is 4.79 Å². The monoisotopic (exact) mass is 390 g/mol. The summed E-state index contributed by atoms with van der Waals surface area (Å²) in [5.74, 6) is -0.207. The number of nitrogens with one attached hydrogen (secondary N) is 1. The topological polar surface area (TPSA) is 59.3 Å². The fourth-order valence-corrected chi connectivity index (χ4v) is 3.29. The highest BCUT2D eigenvalue weighted by Gasteiger charge is 2.16. The van der Waals surface area contributed by atoms with Gasteiger partial charge in [0.15, 0.2) is 0 Å². The highest BCUT2D eigenvalue weighted by atomic mass is 35.5. The number of aromatic nitrogens is 3. The van der Waals surface area contributed by atoms with Crippen LogP contribution in [-0.2, 0) is 6.54 Å². The summed E-state index contributed by atoms with van der Waals surface area (Å²) in [6.45, 7) is 4.43. The van der Waals surface area contributed by atoms with E-state index >= 15 is 0 Å². The van der Waals surface area contributed by atoms with E-state index in [-0.39, 0.29) is 5.91 Å². The Kier molecular flexibility index (Phi) is 4.84. The molecule has 1 N–H and O–H groups in total. The van der Waals surface area contributed by atoms with E-state index in [0.717, 1.165) is 28.2 Å². The molecule has 140 valence electrons. The molecule has 5 nitrogen and oxygen atoms in total. The zero-order chi connectivity index (χ0) is 19.7. The van der Waals surface area contributed by atoms with E-state index in [1.54, 1.807) is 12.1 Å². The molecule has 28 heavy (non-hydrogen) atoms. The molecule has 0 unspecified atom stereocenters. The molecule has 0 aliphatic heterocycles. The molecule has 0 atom stereocenters. The van der Waals surface area contributed by atoms with E-state index in [4.69, 9.17) is 16.6 Å². The van der Waals surface area contributed by atoms with E-state index in [0.29, 0.717) is 17.3 Å². The summed E-state index contributed by atoms with van der Waals surface area (Å²) >= 11 is 5.90. The standard InChI is InChI=1S/C22H19ClN4O/c1-14-3-6-16(7-4-14)21-18(27-13-15(2)5-8-20(27)26-21)12-25-22(28)17-9-10-24-19(23)11-17/h3-11,13H,12H2,1-2H3,(H,25,28). The van der Waals surface area contributed by atoms with Gasteiger partial charge in [0.2, 0.25) is 0 Å². The molecule has 1 amide bonds. The van der Waals surface area contributed by atoms with Gasteiger partial charge in [-0.05, 0) is 37.6 Å². The highest BCUT2D eigenvalue weighted by molar-refractivity contribution is 6.29. The minimum atomic E-state index is -0.207. The molecule has 3 aromatic heterocycles. The first-order valence-corrected chi connectivity index (χ1v) is 9.33. The van der Waals surface area contributed by atoms with E-state index in [1.165, 1.54) is 11.8 Å². The molecule has 4 rings (SSSR count). The quantitative estimate of drug-likeness (QED) is 0.518. The lowest BCUT2D eigenvalue weighted by atomic mass is 10.1.